The molecule has 0 unspecified atom stereocenters. The standard InChI is InChI=1S/C16H29N3S/c1-6-14-15(9-17-13-7-8-13)20-16(18-14)19(12(4)5)10-11(2)3/h11-13,17H,6-10H2,1-5H3. The minimum atomic E-state index is 0.512. The smallest absolute Gasteiger partial charge is 0.186 e. The molecular weight excluding hydrogens is 266 g/mol. The van der Waals surface area contributed by atoms with Gasteiger partial charge in [0.1, 0.15) is 0 Å². The Labute approximate surface area is 127 Å². The first-order valence-corrected chi connectivity index (χ1v) is 8.81. The van der Waals surface area contributed by atoms with Crippen LogP contribution < -0.4 is 10.2 Å². The van der Waals surface area contributed by atoms with Crippen molar-refractivity contribution in [2.45, 2.75) is 72.5 Å². The van der Waals surface area contributed by atoms with E-state index in [2.05, 4.69) is 44.8 Å². The zero-order valence-corrected chi connectivity index (χ0v) is 14.4. The van der Waals surface area contributed by atoms with E-state index in [0.29, 0.717) is 12.0 Å². The Kier molecular flexibility index (Phi) is 5.44. The molecule has 1 aliphatic rings. The van der Waals surface area contributed by atoms with Gasteiger partial charge in [0.05, 0.1) is 5.69 Å². The third-order valence-electron chi connectivity index (χ3n) is 3.66. The second-order valence-corrected chi connectivity index (χ2v) is 7.58. The second kappa shape index (κ2) is 6.90. The summed E-state index contributed by atoms with van der Waals surface area (Å²) in [6.45, 7) is 13.4. The number of hydrogen-bond acceptors (Lipinski definition) is 4. The summed E-state index contributed by atoms with van der Waals surface area (Å²) in [6, 6.07) is 1.28. The molecule has 0 atom stereocenters. The van der Waals surface area contributed by atoms with Gasteiger partial charge in [-0.15, -0.1) is 11.3 Å². The van der Waals surface area contributed by atoms with E-state index in [9.17, 15) is 0 Å². The molecule has 1 aliphatic carbocycles. The number of hydrogen-bond donors (Lipinski definition) is 1. The van der Waals surface area contributed by atoms with Crippen molar-refractivity contribution >= 4 is 16.5 Å². The molecule has 1 aromatic rings. The number of anilines is 1. The molecule has 1 heterocycles. The average Bonchev–Trinajstić information content (AvgIpc) is 3.12. The van der Waals surface area contributed by atoms with Gasteiger partial charge < -0.3 is 10.2 Å². The third kappa shape index (κ3) is 4.19. The van der Waals surface area contributed by atoms with Crippen LogP contribution in [0.1, 0.15) is 58.0 Å². The van der Waals surface area contributed by atoms with Gasteiger partial charge in [-0.05, 0) is 39.0 Å². The van der Waals surface area contributed by atoms with E-state index < -0.39 is 0 Å². The molecule has 0 saturated heterocycles. The summed E-state index contributed by atoms with van der Waals surface area (Å²) in [5, 5.41) is 4.83. The summed E-state index contributed by atoms with van der Waals surface area (Å²) in [4.78, 5) is 8.79. The Bertz CT molecular complexity index is 421. The van der Waals surface area contributed by atoms with Crippen LogP contribution >= 0.6 is 11.3 Å². The molecule has 0 spiro atoms. The van der Waals surface area contributed by atoms with E-state index in [-0.39, 0.29) is 0 Å². The maximum absolute atomic E-state index is 4.91. The van der Waals surface area contributed by atoms with Gasteiger partial charge in [-0.2, -0.15) is 0 Å². The van der Waals surface area contributed by atoms with Gasteiger partial charge in [0.15, 0.2) is 5.13 Å². The molecule has 1 N–H and O–H groups in total. The lowest BCUT2D eigenvalue weighted by Crippen LogP contribution is -2.34. The second-order valence-electron chi connectivity index (χ2n) is 6.51. The average molecular weight is 295 g/mol. The van der Waals surface area contributed by atoms with E-state index in [4.69, 9.17) is 4.98 Å². The summed E-state index contributed by atoms with van der Waals surface area (Å²) in [5.41, 5.74) is 1.28. The van der Waals surface area contributed by atoms with Gasteiger partial charge in [-0.1, -0.05) is 20.8 Å². The lowest BCUT2D eigenvalue weighted by Gasteiger charge is -2.27. The van der Waals surface area contributed by atoms with Crippen LogP contribution in [0.2, 0.25) is 0 Å². The zero-order valence-electron chi connectivity index (χ0n) is 13.6. The molecule has 20 heavy (non-hydrogen) atoms. The van der Waals surface area contributed by atoms with Crippen molar-refractivity contribution in [2.75, 3.05) is 11.4 Å². The van der Waals surface area contributed by atoms with Gasteiger partial charge in [-0.3, -0.25) is 0 Å². The van der Waals surface area contributed by atoms with Gasteiger partial charge in [-0.25, -0.2) is 4.98 Å². The highest BCUT2D eigenvalue weighted by Gasteiger charge is 2.23. The molecule has 0 radical (unpaired) electrons. The van der Waals surface area contributed by atoms with Crippen molar-refractivity contribution in [1.29, 1.82) is 0 Å². The monoisotopic (exact) mass is 295 g/mol. The van der Waals surface area contributed by atoms with E-state index in [0.717, 1.165) is 25.6 Å². The summed E-state index contributed by atoms with van der Waals surface area (Å²) in [7, 11) is 0. The molecule has 4 heteroatoms. The molecule has 0 aromatic carbocycles. The largest absolute Gasteiger partial charge is 0.345 e. The van der Waals surface area contributed by atoms with E-state index >= 15 is 0 Å². The molecule has 1 aromatic heterocycles. The topological polar surface area (TPSA) is 28.2 Å². The Balaban J connectivity index is 2.11. The molecular formula is C16H29N3S. The van der Waals surface area contributed by atoms with Crippen LogP contribution in [0.5, 0.6) is 0 Å². The van der Waals surface area contributed by atoms with Crippen molar-refractivity contribution < 1.29 is 0 Å². The predicted molar refractivity (Wildman–Crippen MR) is 88.7 cm³/mol. The fourth-order valence-electron chi connectivity index (χ4n) is 2.33. The first-order valence-electron chi connectivity index (χ1n) is 7.99. The van der Waals surface area contributed by atoms with Crippen LogP contribution in [-0.4, -0.2) is 23.6 Å². The SMILES string of the molecule is CCc1nc(N(CC(C)C)C(C)C)sc1CNC1CC1. The first kappa shape index (κ1) is 15.8. The summed E-state index contributed by atoms with van der Waals surface area (Å²) in [6.07, 6.45) is 3.73. The van der Waals surface area contributed by atoms with E-state index in [1.165, 1.54) is 28.5 Å². The molecule has 1 saturated carbocycles. The lowest BCUT2D eigenvalue weighted by molar-refractivity contribution is 0.569. The van der Waals surface area contributed by atoms with Crippen LogP contribution in [0.15, 0.2) is 0 Å². The number of aromatic nitrogens is 1. The van der Waals surface area contributed by atoms with Crippen LogP contribution in [0.25, 0.3) is 0 Å². The highest BCUT2D eigenvalue weighted by atomic mass is 32.1. The quantitative estimate of drug-likeness (QED) is 0.790. The fourth-order valence-corrected chi connectivity index (χ4v) is 3.58. The molecule has 0 bridgehead atoms. The van der Waals surface area contributed by atoms with Gasteiger partial charge in [0.2, 0.25) is 0 Å². The van der Waals surface area contributed by atoms with Crippen LogP contribution in [0.4, 0.5) is 5.13 Å². The molecule has 0 amide bonds. The molecule has 0 aliphatic heterocycles. The zero-order chi connectivity index (χ0) is 14.7. The third-order valence-corrected chi connectivity index (χ3v) is 4.80. The van der Waals surface area contributed by atoms with Crippen molar-refractivity contribution in [2.24, 2.45) is 5.92 Å². The number of thiazole rings is 1. The van der Waals surface area contributed by atoms with Gasteiger partial charge in [0, 0.05) is 30.1 Å². The maximum atomic E-state index is 4.91. The minimum Gasteiger partial charge on any atom is -0.345 e. The Morgan fingerprint density at radius 2 is 2.00 bits per heavy atom. The number of nitrogens with zero attached hydrogens (tertiary/aromatic N) is 2. The van der Waals surface area contributed by atoms with Crippen molar-refractivity contribution in [3.05, 3.63) is 10.6 Å². The van der Waals surface area contributed by atoms with Crippen molar-refractivity contribution in [3.63, 3.8) is 0 Å². The summed E-state index contributed by atoms with van der Waals surface area (Å²) < 4.78 is 0. The van der Waals surface area contributed by atoms with Crippen LogP contribution in [0.3, 0.4) is 0 Å². The van der Waals surface area contributed by atoms with Gasteiger partial charge in [0.25, 0.3) is 0 Å². The van der Waals surface area contributed by atoms with Gasteiger partial charge >= 0.3 is 0 Å². The molecule has 1 fully saturated rings. The lowest BCUT2D eigenvalue weighted by atomic mass is 10.2. The maximum Gasteiger partial charge on any atom is 0.186 e. The van der Waals surface area contributed by atoms with Crippen LogP contribution in [-0.2, 0) is 13.0 Å². The first-order chi connectivity index (χ1) is 9.51. The highest BCUT2D eigenvalue weighted by molar-refractivity contribution is 7.15. The number of nitrogens with one attached hydrogen (secondary N) is 1. The Morgan fingerprint density at radius 1 is 1.30 bits per heavy atom. The summed E-state index contributed by atoms with van der Waals surface area (Å²) in [5.74, 6) is 0.666. The number of rotatable bonds is 8. The Morgan fingerprint density at radius 3 is 2.50 bits per heavy atom. The normalized spacial score (nSPS) is 15.3. The van der Waals surface area contributed by atoms with E-state index in [1.807, 2.05) is 11.3 Å². The predicted octanol–water partition coefficient (Wildman–Crippen LogP) is 3.83. The van der Waals surface area contributed by atoms with Crippen molar-refractivity contribution in [1.82, 2.24) is 10.3 Å². The number of aryl methyl sites for hydroxylation is 1. The van der Waals surface area contributed by atoms with Crippen LogP contribution in [0, 0.1) is 5.92 Å². The fraction of sp³-hybridized carbons (Fsp3) is 0.812. The Hall–Kier alpha value is -0.610. The molecule has 3 nitrogen and oxygen atoms in total. The molecule has 114 valence electrons. The summed E-state index contributed by atoms with van der Waals surface area (Å²) >= 11 is 1.88. The molecule has 2 rings (SSSR count). The van der Waals surface area contributed by atoms with E-state index in [1.54, 1.807) is 0 Å². The highest BCUT2D eigenvalue weighted by Crippen LogP contribution is 2.30. The van der Waals surface area contributed by atoms with Crippen molar-refractivity contribution in [3.8, 4) is 0 Å². The minimum absolute atomic E-state index is 0.512.